The van der Waals surface area contributed by atoms with Gasteiger partial charge >= 0.3 is 0 Å². The number of hydrogen-bond acceptors (Lipinski definition) is 2. The van der Waals surface area contributed by atoms with E-state index in [0.29, 0.717) is 28.8 Å². The third-order valence-electron chi connectivity index (χ3n) is 1.82. The molecule has 15 heavy (non-hydrogen) atoms. The van der Waals surface area contributed by atoms with Gasteiger partial charge < -0.3 is 9.84 Å². The first-order valence-corrected chi connectivity index (χ1v) is 5.44. The van der Waals surface area contributed by atoms with Gasteiger partial charge in [-0.25, -0.2) is 0 Å². The summed E-state index contributed by atoms with van der Waals surface area (Å²) in [6, 6.07) is 5.03. The van der Waals surface area contributed by atoms with Crippen LogP contribution in [0.1, 0.15) is 20.3 Å². The molecule has 0 spiro atoms. The molecule has 2 nitrogen and oxygen atoms in total. The molecule has 0 aliphatic heterocycles. The van der Waals surface area contributed by atoms with Crippen LogP contribution in [-0.4, -0.2) is 17.3 Å². The number of aliphatic hydroxyl groups is 1. The Morgan fingerprint density at radius 1 is 1.20 bits per heavy atom. The summed E-state index contributed by atoms with van der Waals surface area (Å²) in [7, 11) is 0. The molecule has 1 rings (SSSR count). The van der Waals surface area contributed by atoms with Gasteiger partial charge in [-0.15, -0.1) is 0 Å². The van der Waals surface area contributed by atoms with Crippen molar-refractivity contribution in [2.24, 2.45) is 0 Å². The first-order chi connectivity index (χ1) is 6.87. The quantitative estimate of drug-likeness (QED) is 0.884. The maximum Gasteiger partial charge on any atom is 0.122 e. The molecule has 84 valence electrons. The van der Waals surface area contributed by atoms with Crippen LogP contribution >= 0.6 is 23.2 Å². The van der Waals surface area contributed by atoms with Gasteiger partial charge in [0.25, 0.3) is 0 Å². The van der Waals surface area contributed by atoms with E-state index in [1.54, 1.807) is 32.0 Å². The monoisotopic (exact) mass is 248 g/mol. The molecule has 0 heterocycles. The van der Waals surface area contributed by atoms with Crippen LogP contribution in [0.15, 0.2) is 18.2 Å². The predicted molar refractivity (Wildman–Crippen MR) is 62.9 cm³/mol. The van der Waals surface area contributed by atoms with E-state index in [1.807, 2.05) is 0 Å². The van der Waals surface area contributed by atoms with Gasteiger partial charge in [-0.1, -0.05) is 23.2 Å². The SMILES string of the molecule is CC(C)(O)CCOc1cc(Cl)cc(Cl)c1. The Morgan fingerprint density at radius 2 is 1.73 bits per heavy atom. The summed E-state index contributed by atoms with van der Waals surface area (Å²) in [4.78, 5) is 0. The van der Waals surface area contributed by atoms with Crippen LogP contribution in [0.2, 0.25) is 10.0 Å². The highest BCUT2D eigenvalue weighted by Crippen LogP contribution is 2.24. The fourth-order valence-electron chi connectivity index (χ4n) is 1.03. The van der Waals surface area contributed by atoms with Crippen molar-refractivity contribution in [1.82, 2.24) is 0 Å². The highest BCUT2D eigenvalue weighted by molar-refractivity contribution is 6.34. The molecule has 0 aliphatic rings. The third-order valence-corrected chi connectivity index (χ3v) is 2.26. The Labute approximate surface area is 99.8 Å². The maximum absolute atomic E-state index is 9.47. The summed E-state index contributed by atoms with van der Waals surface area (Å²) in [5.74, 6) is 0.622. The van der Waals surface area contributed by atoms with E-state index in [0.717, 1.165) is 0 Å². The molecule has 0 aromatic heterocycles. The standard InChI is InChI=1S/C11H14Cl2O2/c1-11(2,14)3-4-15-10-6-8(12)5-9(13)7-10/h5-7,14H,3-4H2,1-2H3. The second-order valence-electron chi connectivity index (χ2n) is 4.02. The molecular formula is C11H14Cl2O2. The van der Waals surface area contributed by atoms with E-state index in [-0.39, 0.29) is 0 Å². The van der Waals surface area contributed by atoms with Crippen LogP contribution in [0, 0.1) is 0 Å². The maximum atomic E-state index is 9.47. The van der Waals surface area contributed by atoms with Crippen LogP contribution in [-0.2, 0) is 0 Å². The van der Waals surface area contributed by atoms with Gasteiger partial charge in [0.1, 0.15) is 5.75 Å². The van der Waals surface area contributed by atoms with E-state index in [9.17, 15) is 5.11 Å². The number of benzene rings is 1. The highest BCUT2D eigenvalue weighted by Gasteiger charge is 2.12. The molecule has 0 amide bonds. The molecule has 0 fully saturated rings. The van der Waals surface area contributed by atoms with Crippen molar-refractivity contribution >= 4 is 23.2 Å². The van der Waals surface area contributed by atoms with Gasteiger partial charge in [0.15, 0.2) is 0 Å². The summed E-state index contributed by atoms with van der Waals surface area (Å²) < 4.78 is 5.41. The molecular weight excluding hydrogens is 235 g/mol. The summed E-state index contributed by atoms with van der Waals surface area (Å²) >= 11 is 11.6. The van der Waals surface area contributed by atoms with Crippen molar-refractivity contribution in [2.75, 3.05) is 6.61 Å². The molecule has 0 saturated heterocycles. The van der Waals surface area contributed by atoms with Crippen LogP contribution in [0.3, 0.4) is 0 Å². The topological polar surface area (TPSA) is 29.5 Å². The Kier molecular flexibility index (Phi) is 4.26. The zero-order chi connectivity index (χ0) is 11.5. The molecule has 1 aromatic carbocycles. The molecule has 1 aromatic rings. The molecule has 0 radical (unpaired) electrons. The van der Waals surface area contributed by atoms with E-state index in [2.05, 4.69) is 0 Å². The van der Waals surface area contributed by atoms with Crippen molar-refractivity contribution in [3.63, 3.8) is 0 Å². The number of ether oxygens (including phenoxy) is 1. The first-order valence-electron chi connectivity index (χ1n) is 4.68. The lowest BCUT2D eigenvalue weighted by Gasteiger charge is -2.17. The van der Waals surface area contributed by atoms with E-state index >= 15 is 0 Å². The lowest BCUT2D eigenvalue weighted by Crippen LogP contribution is -2.21. The van der Waals surface area contributed by atoms with Crippen LogP contribution < -0.4 is 4.74 Å². The lowest BCUT2D eigenvalue weighted by atomic mass is 10.1. The fourth-order valence-corrected chi connectivity index (χ4v) is 1.54. The molecule has 0 atom stereocenters. The number of halogens is 2. The summed E-state index contributed by atoms with van der Waals surface area (Å²) in [6.45, 7) is 3.91. The minimum absolute atomic E-state index is 0.431. The summed E-state index contributed by atoms with van der Waals surface area (Å²) in [6.07, 6.45) is 0.553. The first kappa shape index (κ1) is 12.6. The van der Waals surface area contributed by atoms with Crippen molar-refractivity contribution in [3.05, 3.63) is 28.2 Å². The van der Waals surface area contributed by atoms with Gasteiger partial charge in [-0.3, -0.25) is 0 Å². The van der Waals surface area contributed by atoms with Gasteiger partial charge in [0, 0.05) is 16.5 Å². The smallest absolute Gasteiger partial charge is 0.122 e. The fraction of sp³-hybridized carbons (Fsp3) is 0.455. The summed E-state index contributed by atoms with van der Waals surface area (Å²) in [5, 5.41) is 10.6. The van der Waals surface area contributed by atoms with E-state index in [4.69, 9.17) is 27.9 Å². The minimum Gasteiger partial charge on any atom is -0.493 e. The Morgan fingerprint density at radius 3 is 2.20 bits per heavy atom. The van der Waals surface area contributed by atoms with Crippen molar-refractivity contribution in [2.45, 2.75) is 25.9 Å². The summed E-state index contributed by atoms with van der Waals surface area (Å²) in [5.41, 5.74) is -0.720. The average Bonchev–Trinajstić information content (AvgIpc) is 1.99. The largest absolute Gasteiger partial charge is 0.493 e. The van der Waals surface area contributed by atoms with Gasteiger partial charge in [0.05, 0.1) is 12.2 Å². The number of rotatable bonds is 4. The minimum atomic E-state index is -0.720. The molecule has 0 aliphatic carbocycles. The van der Waals surface area contributed by atoms with Crippen molar-refractivity contribution in [1.29, 1.82) is 0 Å². The van der Waals surface area contributed by atoms with Gasteiger partial charge in [0.2, 0.25) is 0 Å². The molecule has 0 unspecified atom stereocenters. The van der Waals surface area contributed by atoms with Crippen molar-refractivity contribution < 1.29 is 9.84 Å². The zero-order valence-electron chi connectivity index (χ0n) is 8.76. The Balaban J connectivity index is 2.51. The number of hydrogen-bond donors (Lipinski definition) is 1. The second-order valence-corrected chi connectivity index (χ2v) is 4.89. The van der Waals surface area contributed by atoms with Crippen LogP contribution in [0.25, 0.3) is 0 Å². The van der Waals surface area contributed by atoms with Crippen LogP contribution in [0.5, 0.6) is 5.75 Å². The lowest BCUT2D eigenvalue weighted by molar-refractivity contribution is 0.0553. The second kappa shape index (κ2) is 5.06. The normalized spacial score (nSPS) is 11.5. The molecule has 0 bridgehead atoms. The predicted octanol–water partition coefficient (Wildman–Crippen LogP) is 3.53. The highest BCUT2D eigenvalue weighted by atomic mass is 35.5. The third kappa shape index (κ3) is 5.26. The Hall–Kier alpha value is -0.440. The molecule has 4 heteroatoms. The zero-order valence-corrected chi connectivity index (χ0v) is 10.3. The van der Waals surface area contributed by atoms with Gasteiger partial charge in [-0.05, 0) is 32.0 Å². The van der Waals surface area contributed by atoms with Gasteiger partial charge in [-0.2, -0.15) is 0 Å². The Bertz CT molecular complexity index is 312. The van der Waals surface area contributed by atoms with E-state index in [1.165, 1.54) is 0 Å². The van der Waals surface area contributed by atoms with E-state index < -0.39 is 5.60 Å². The average molecular weight is 249 g/mol. The van der Waals surface area contributed by atoms with Crippen molar-refractivity contribution in [3.8, 4) is 5.75 Å². The molecule has 0 saturated carbocycles. The van der Waals surface area contributed by atoms with Crippen LogP contribution in [0.4, 0.5) is 0 Å². The molecule has 1 N–H and O–H groups in total.